The van der Waals surface area contributed by atoms with Crippen molar-refractivity contribution < 1.29 is 9.18 Å². The molecule has 0 heterocycles. The van der Waals surface area contributed by atoms with E-state index in [1.165, 1.54) is 12.1 Å². The fraction of sp³-hybridized carbons (Fsp3) is 0.182. The number of carbonyl (C=O) groups is 1. The molecule has 0 aliphatic heterocycles. The third kappa shape index (κ3) is 3.61. The quantitative estimate of drug-likeness (QED) is 0.817. The Balaban J connectivity index is 2.98. The predicted molar refractivity (Wildman–Crippen MR) is 67.2 cm³/mol. The summed E-state index contributed by atoms with van der Waals surface area (Å²) in [6.45, 7) is 3.61. The van der Waals surface area contributed by atoms with Crippen molar-refractivity contribution in [3.05, 3.63) is 39.1 Å². The number of carbonyl (C=O) groups excluding carboxylic acids is 1. The zero-order valence-corrected chi connectivity index (χ0v) is 11.1. The molecule has 0 bridgehead atoms. The van der Waals surface area contributed by atoms with E-state index in [1.807, 2.05) is 0 Å². The van der Waals surface area contributed by atoms with Gasteiger partial charge in [-0.15, -0.1) is 0 Å². The number of benzene rings is 1. The Labute approximate surface area is 107 Å². The minimum Gasteiger partial charge on any atom is -0.320 e. The maximum atomic E-state index is 12.9. The summed E-state index contributed by atoms with van der Waals surface area (Å²) in [5.41, 5.74) is 1.23. The molecular weight excluding hydrogens is 296 g/mol. The molecule has 1 N–H and O–H groups in total. The Kier molecular flexibility index (Phi) is 4.50. The molecule has 0 radical (unpaired) electrons. The van der Waals surface area contributed by atoms with E-state index in [2.05, 4.69) is 21.2 Å². The zero-order chi connectivity index (χ0) is 12.3. The number of hydrogen-bond acceptors (Lipinski definition) is 1. The SMILES string of the molecule is CC(C)=CC(=O)Nc1c(Cl)cc(F)cc1Br. The van der Waals surface area contributed by atoms with Crippen molar-refractivity contribution in [1.29, 1.82) is 0 Å². The number of amides is 1. The third-order valence-corrected chi connectivity index (χ3v) is 2.60. The second kappa shape index (κ2) is 5.46. The Morgan fingerprint density at radius 3 is 2.62 bits per heavy atom. The molecule has 0 unspecified atom stereocenters. The first-order valence-electron chi connectivity index (χ1n) is 4.50. The van der Waals surface area contributed by atoms with Crippen molar-refractivity contribution in [2.24, 2.45) is 0 Å². The fourth-order valence-electron chi connectivity index (χ4n) is 1.08. The Morgan fingerprint density at radius 1 is 1.50 bits per heavy atom. The molecule has 0 aliphatic carbocycles. The second-order valence-electron chi connectivity index (χ2n) is 3.46. The second-order valence-corrected chi connectivity index (χ2v) is 4.72. The van der Waals surface area contributed by atoms with Gasteiger partial charge in [0, 0.05) is 10.5 Å². The lowest BCUT2D eigenvalue weighted by Gasteiger charge is -2.08. The summed E-state index contributed by atoms with van der Waals surface area (Å²) in [4.78, 5) is 11.5. The molecule has 0 fully saturated rings. The first kappa shape index (κ1) is 13.2. The molecule has 1 aromatic rings. The van der Waals surface area contributed by atoms with Crippen LogP contribution in [0, 0.1) is 5.82 Å². The number of allylic oxidation sites excluding steroid dienone is 1. The van der Waals surface area contributed by atoms with Crippen LogP contribution in [0.3, 0.4) is 0 Å². The van der Waals surface area contributed by atoms with Crippen LogP contribution in [0.1, 0.15) is 13.8 Å². The van der Waals surface area contributed by atoms with E-state index in [0.29, 0.717) is 10.2 Å². The Morgan fingerprint density at radius 2 is 2.12 bits per heavy atom. The maximum Gasteiger partial charge on any atom is 0.248 e. The first-order chi connectivity index (χ1) is 7.40. The molecular formula is C11H10BrClFNO. The molecule has 5 heteroatoms. The average Bonchev–Trinajstić information content (AvgIpc) is 2.09. The topological polar surface area (TPSA) is 29.1 Å². The Hall–Kier alpha value is -0.870. The van der Waals surface area contributed by atoms with E-state index in [1.54, 1.807) is 13.8 Å². The lowest BCUT2D eigenvalue weighted by atomic mass is 10.3. The zero-order valence-electron chi connectivity index (χ0n) is 8.77. The molecule has 1 amide bonds. The molecule has 16 heavy (non-hydrogen) atoms. The summed E-state index contributed by atoms with van der Waals surface area (Å²) in [6.07, 6.45) is 1.44. The van der Waals surface area contributed by atoms with Crippen LogP contribution in [0.2, 0.25) is 5.02 Å². The van der Waals surface area contributed by atoms with Crippen LogP contribution in [0.25, 0.3) is 0 Å². The molecule has 1 rings (SSSR count). The predicted octanol–water partition coefficient (Wildman–Crippen LogP) is 4.15. The smallest absolute Gasteiger partial charge is 0.248 e. The molecule has 86 valence electrons. The lowest BCUT2D eigenvalue weighted by Crippen LogP contribution is -2.09. The van der Waals surface area contributed by atoms with Crippen LogP contribution >= 0.6 is 27.5 Å². The summed E-state index contributed by atoms with van der Waals surface area (Å²) in [7, 11) is 0. The summed E-state index contributed by atoms with van der Waals surface area (Å²) in [6, 6.07) is 2.38. The number of hydrogen-bond donors (Lipinski definition) is 1. The highest BCUT2D eigenvalue weighted by molar-refractivity contribution is 9.10. The normalized spacial score (nSPS) is 9.81. The largest absolute Gasteiger partial charge is 0.320 e. The van der Waals surface area contributed by atoms with Crippen molar-refractivity contribution in [2.75, 3.05) is 5.32 Å². The molecule has 0 aliphatic rings. The van der Waals surface area contributed by atoms with Crippen LogP contribution in [0.15, 0.2) is 28.3 Å². The number of nitrogens with one attached hydrogen (secondary N) is 1. The number of anilines is 1. The minimum absolute atomic E-state index is 0.155. The summed E-state index contributed by atoms with van der Waals surface area (Å²) in [5, 5.41) is 2.73. The van der Waals surface area contributed by atoms with Gasteiger partial charge in [-0.3, -0.25) is 4.79 Å². The fourth-order valence-corrected chi connectivity index (χ4v) is 1.98. The van der Waals surface area contributed by atoms with Crippen molar-refractivity contribution in [1.82, 2.24) is 0 Å². The summed E-state index contributed by atoms with van der Waals surface area (Å²) < 4.78 is 13.3. The van der Waals surface area contributed by atoms with E-state index in [9.17, 15) is 9.18 Å². The van der Waals surface area contributed by atoms with Gasteiger partial charge in [0.1, 0.15) is 5.82 Å². The van der Waals surface area contributed by atoms with Crippen LogP contribution in [0.5, 0.6) is 0 Å². The van der Waals surface area contributed by atoms with Crippen molar-refractivity contribution in [3.63, 3.8) is 0 Å². The van der Waals surface area contributed by atoms with E-state index in [-0.39, 0.29) is 10.9 Å². The van der Waals surface area contributed by atoms with E-state index in [0.717, 1.165) is 11.6 Å². The van der Waals surface area contributed by atoms with E-state index in [4.69, 9.17) is 11.6 Å². The molecule has 0 atom stereocenters. The third-order valence-electron chi connectivity index (χ3n) is 1.67. The Bertz CT molecular complexity index is 432. The number of halogens is 3. The molecule has 0 aromatic heterocycles. The summed E-state index contributed by atoms with van der Waals surface area (Å²) in [5.74, 6) is -0.758. The molecule has 0 saturated heterocycles. The minimum atomic E-state index is -0.461. The van der Waals surface area contributed by atoms with Crippen LogP contribution in [-0.2, 0) is 4.79 Å². The lowest BCUT2D eigenvalue weighted by molar-refractivity contribution is -0.111. The molecule has 1 aromatic carbocycles. The van der Waals surface area contributed by atoms with Gasteiger partial charge in [0.15, 0.2) is 0 Å². The van der Waals surface area contributed by atoms with Gasteiger partial charge in [0.25, 0.3) is 0 Å². The van der Waals surface area contributed by atoms with Gasteiger partial charge in [-0.05, 0) is 41.9 Å². The van der Waals surface area contributed by atoms with Crippen LogP contribution < -0.4 is 5.32 Å². The molecule has 2 nitrogen and oxygen atoms in total. The molecule has 0 saturated carbocycles. The van der Waals surface area contributed by atoms with Gasteiger partial charge in [-0.25, -0.2) is 4.39 Å². The highest BCUT2D eigenvalue weighted by atomic mass is 79.9. The van der Waals surface area contributed by atoms with Crippen LogP contribution in [-0.4, -0.2) is 5.91 Å². The van der Waals surface area contributed by atoms with Gasteiger partial charge in [-0.1, -0.05) is 17.2 Å². The van der Waals surface area contributed by atoms with Gasteiger partial charge in [-0.2, -0.15) is 0 Å². The van der Waals surface area contributed by atoms with Gasteiger partial charge in [0.2, 0.25) is 5.91 Å². The highest BCUT2D eigenvalue weighted by Crippen LogP contribution is 2.31. The highest BCUT2D eigenvalue weighted by Gasteiger charge is 2.09. The molecule has 0 spiro atoms. The summed E-state index contributed by atoms with van der Waals surface area (Å²) >= 11 is 8.94. The average molecular weight is 307 g/mol. The van der Waals surface area contributed by atoms with Gasteiger partial charge < -0.3 is 5.32 Å². The van der Waals surface area contributed by atoms with Crippen LogP contribution in [0.4, 0.5) is 10.1 Å². The van der Waals surface area contributed by atoms with Gasteiger partial charge in [0.05, 0.1) is 10.7 Å². The monoisotopic (exact) mass is 305 g/mol. The number of rotatable bonds is 2. The van der Waals surface area contributed by atoms with Crippen molar-refractivity contribution >= 4 is 39.1 Å². The standard InChI is InChI=1S/C11H10BrClFNO/c1-6(2)3-10(16)15-11-8(12)4-7(14)5-9(11)13/h3-5H,1-2H3,(H,15,16). The van der Waals surface area contributed by atoms with Crippen molar-refractivity contribution in [3.8, 4) is 0 Å². The van der Waals surface area contributed by atoms with Gasteiger partial charge >= 0.3 is 0 Å². The van der Waals surface area contributed by atoms with Crippen molar-refractivity contribution in [2.45, 2.75) is 13.8 Å². The van der Waals surface area contributed by atoms with E-state index >= 15 is 0 Å². The first-order valence-corrected chi connectivity index (χ1v) is 5.67. The van der Waals surface area contributed by atoms with E-state index < -0.39 is 5.82 Å². The maximum absolute atomic E-state index is 12.9.